The zero-order chi connectivity index (χ0) is 18.1. The predicted octanol–water partition coefficient (Wildman–Crippen LogP) is 3.58. The molecule has 2 aliphatic rings. The largest absolute Gasteiger partial charge is 0.360 e. The number of pyridine rings is 1. The second-order valence-electron chi connectivity index (χ2n) is 7.70. The van der Waals surface area contributed by atoms with Gasteiger partial charge in [0.2, 0.25) is 5.91 Å². The quantitative estimate of drug-likeness (QED) is 0.807. The van der Waals surface area contributed by atoms with Crippen LogP contribution < -0.4 is 0 Å². The van der Waals surface area contributed by atoms with Crippen molar-refractivity contribution >= 4 is 23.3 Å². The van der Waals surface area contributed by atoms with E-state index in [9.17, 15) is 4.79 Å². The minimum Gasteiger partial charge on any atom is -0.360 e. The van der Waals surface area contributed by atoms with Crippen molar-refractivity contribution in [2.24, 2.45) is 11.8 Å². The standard InChI is InChI=1S/C20H26N4OS/c1-15(2)11-19(25)23-7-4-17(14-23)20-24(9-10-26-20)13-16-3-6-22-8-5-21-18(22)12-16/h3,5-6,8-10,12,15,17,20H,4,7,11,13-14H2,1-2H3. The van der Waals surface area contributed by atoms with Gasteiger partial charge < -0.3 is 14.2 Å². The highest BCUT2D eigenvalue weighted by Crippen LogP contribution is 2.37. The van der Waals surface area contributed by atoms with Gasteiger partial charge in [-0.2, -0.15) is 0 Å². The highest BCUT2D eigenvalue weighted by molar-refractivity contribution is 8.02. The lowest BCUT2D eigenvalue weighted by molar-refractivity contribution is -0.131. The summed E-state index contributed by atoms with van der Waals surface area (Å²) in [5.74, 6) is 1.27. The zero-order valence-corrected chi connectivity index (χ0v) is 16.2. The molecule has 5 nitrogen and oxygen atoms in total. The third-order valence-corrected chi connectivity index (χ3v) is 6.40. The van der Waals surface area contributed by atoms with E-state index >= 15 is 0 Å². The van der Waals surface area contributed by atoms with E-state index in [4.69, 9.17) is 0 Å². The third kappa shape index (κ3) is 3.61. The molecule has 2 atom stereocenters. The number of carbonyl (C=O) groups excluding carboxylic acids is 1. The maximum absolute atomic E-state index is 12.4. The van der Waals surface area contributed by atoms with Gasteiger partial charge in [-0.15, -0.1) is 11.8 Å². The van der Waals surface area contributed by atoms with E-state index in [1.54, 1.807) is 0 Å². The fourth-order valence-corrected chi connectivity index (χ4v) is 5.00. The number of rotatable bonds is 5. The minimum atomic E-state index is 0.315. The molecule has 2 aliphatic heterocycles. The Labute approximate surface area is 159 Å². The molecule has 0 bridgehead atoms. The van der Waals surface area contributed by atoms with Gasteiger partial charge in [-0.25, -0.2) is 4.98 Å². The first-order valence-corrected chi connectivity index (χ1v) is 10.3. The van der Waals surface area contributed by atoms with E-state index in [1.165, 1.54) is 5.56 Å². The maximum atomic E-state index is 12.4. The first kappa shape index (κ1) is 17.5. The Hall–Kier alpha value is -1.95. The molecule has 0 aromatic carbocycles. The van der Waals surface area contributed by atoms with Crippen LogP contribution in [0.15, 0.2) is 42.3 Å². The number of nitrogens with zero attached hydrogens (tertiary/aromatic N) is 4. The SMILES string of the molecule is CC(C)CC(=O)N1CCC(C2SC=CN2Cc2ccn3ccnc3c2)C1. The minimum absolute atomic E-state index is 0.315. The third-order valence-electron chi connectivity index (χ3n) is 5.19. The molecule has 0 N–H and O–H groups in total. The Morgan fingerprint density at radius 1 is 1.38 bits per heavy atom. The Morgan fingerprint density at radius 2 is 2.27 bits per heavy atom. The van der Waals surface area contributed by atoms with Crippen LogP contribution in [-0.2, 0) is 11.3 Å². The summed E-state index contributed by atoms with van der Waals surface area (Å²) in [5, 5.41) is 2.61. The van der Waals surface area contributed by atoms with Crippen LogP contribution in [0.5, 0.6) is 0 Å². The van der Waals surface area contributed by atoms with Crippen molar-refractivity contribution in [1.82, 2.24) is 19.2 Å². The normalized spacial score (nSPS) is 22.9. The lowest BCUT2D eigenvalue weighted by Crippen LogP contribution is -2.35. The molecule has 2 aromatic rings. The first-order chi connectivity index (χ1) is 12.6. The van der Waals surface area contributed by atoms with Crippen molar-refractivity contribution < 1.29 is 4.79 Å². The summed E-state index contributed by atoms with van der Waals surface area (Å²) >= 11 is 1.89. The zero-order valence-electron chi connectivity index (χ0n) is 15.4. The molecule has 1 amide bonds. The van der Waals surface area contributed by atoms with Crippen molar-refractivity contribution in [2.45, 2.75) is 38.6 Å². The van der Waals surface area contributed by atoms with E-state index in [2.05, 4.69) is 58.6 Å². The van der Waals surface area contributed by atoms with Crippen LogP contribution in [0.4, 0.5) is 0 Å². The predicted molar refractivity (Wildman–Crippen MR) is 105 cm³/mol. The average Bonchev–Trinajstić information content (AvgIpc) is 3.34. The van der Waals surface area contributed by atoms with Crippen LogP contribution in [0.2, 0.25) is 0 Å². The summed E-state index contributed by atoms with van der Waals surface area (Å²) in [6.45, 7) is 6.90. The molecule has 0 aliphatic carbocycles. The lowest BCUT2D eigenvalue weighted by Gasteiger charge is -2.29. The van der Waals surface area contributed by atoms with Crippen molar-refractivity contribution in [3.8, 4) is 0 Å². The fraction of sp³-hybridized carbons (Fsp3) is 0.500. The van der Waals surface area contributed by atoms with Crippen molar-refractivity contribution in [3.05, 3.63) is 47.9 Å². The van der Waals surface area contributed by atoms with Crippen LogP contribution in [0.25, 0.3) is 5.65 Å². The summed E-state index contributed by atoms with van der Waals surface area (Å²) in [5.41, 5.74) is 2.26. The monoisotopic (exact) mass is 370 g/mol. The van der Waals surface area contributed by atoms with Gasteiger partial charge in [-0.3, -0.25) is 4.79 Å². The second-order valence-corrected chi connectivity index (χ2v) is 8.73. The van der Waals surface area contributed by atoms with Gasteiger partial charge in [0.25, 0.3) is 0 Å². The van der Waals surface area contributed by atoms with Gasteiger partial charge in [0.1, 0.15) is 5.65 Å². The fourth-order valence-electron chi connectivity index (χ4n) is 3.87. The summed E-state index contributed by atoms with van der Waals surface area (Å²) in [7, 11) is 0. The van der Waals surface area contributed by atoms with E-state index in [1.807, 2.05) is 28.6 Å². The molecule has 1 fully saturated rings. The molecule has 2 unspecified atom stereocenters. The summed E-state index contributed by atoms with van der Waals surface area (Å²) in [6, 6.07) is 4.32. The molecule has 6 heteroatoms. The summed E-state index contributed by atoms with van der Waals surface area (Å²) in [4.78, 5) is 21.2. The van der Waals surface area contributed by atoms with Crippen LogP contribution in [0.3, 0.4) is 0 Å². The molecular formula is C20H26N4OS. The Kier molecular flexibility index (Phi) is 4.94. The molecule has 138 valence electrons. The smallest absolute Gasteiger partial charge is 0.222 e. The maximum Gasteiger partial charge on any atom is 0.222 e. The van der Waals surface area contributed by atoms with Gasteiger partial charge in [-0.1, -0.05) is 13.8 Å². The number of hydrogen-bond donors (Lipinski definition) is 0. The van der Waals surface area contributed by atoms with Crippen molar-refractivity contribution in [3.63, 3.8) is 0 Å². The van der Waals surface area contributed by atoms with E-state index in [0.717, 1.165) is 31.7 Å². The van der Waals surface area contributed by atoms with E-state index < -0.39 is 0 Å². The number of likely N-dealkylation sites (tertiary alicyclic amines) is 1. The van der Waals surface area contributed by atoms with Crippen LogP contribution in [0.1, 0.15) is 32.3 Å². The van der Waals surface area contributed by atoms with Gasteiger partial charge >= 0.3 is 0 Å². The number of fused-ring (bicyclic) bond motifs is 1. The number of amides is 1. The van der Waals surface area contributed by atoms with E-state index in [0.29, 0.717) is 29.5 Å². The first-order valence-electron chi connectivity index (χ1n) is 9.37. The molecule has 4 heterocycles. The molecule has 2 aromatic heterocycles. The van der Waals surface area contributed by atoms with Crippen LogP contribution in [-0.4, -0.2) is 43.6 Å². The van der Waals surface area contributed by atoms with E-state index in [-0.39, 0.29) is 0 Å². The van der Waals surface area contributed by atoms with Crippen molar-refractivity contribution in [2.75, 3.05) is 13.1 Å². The van der Waals surface area contributed by atoms with Gasteiger partial charge in [0, 0.05) is 56.8 Å². The average molecular weight is 371 g/mol. The topological polar surface area (TPSA) is 40.9 Å². The molecular weight excluding hydrogens is 344 g/mol. The molecule has 26 heavy (non-hydrogen) atoms. The Morgan fingerprint density at radius 3 is 3.12 bits per heavy atom. The lowest BCUT2D eigenvalue weighted by atomic mass is 10.1. The number of carbonyl (C=O) groups is 1. The Bertz CT molecular complexity index is 815. The highest BCUT2D eigenvalue weighted by atomic mass is 32.2. The highest BCUT2D eigenvalue weighted by Gasteiger charge is 2.35. The van der Waals surface area contributed by atoms with Gasteiger partial charge in [0.15, 0.2) is 0 Å². The summed E-state index contributed by atoms with van der Waals surface area (Å²) in [6.07, 6.45) is 9.82. The van der Waals surface area contributed by atoms with Crippen LogP contribution >= 0.6 is 11.8 Å². The van der Waals surface area contributed by atoms with Crippen molar-refractivity contribution in [1.29, 1.82) is 0 Å². The number of aromatic nitrogens is 2. The van der Waals surface area contributed by atoms with Crippen LogP contribution in [0, 0.1) is 11.8 Å². The van der Waals surface area contributed by atoms with Gasteiger partial charge in [0.05, 0.1) is 5.37 Å². The molecule has 0 radical (unpaired) electrons. The molecule has 1 saturated heterocycles. The number of thioether (sulfide) groups is 1. The molecule has 0 spiro atoms. The molecule has 4 rings (SSSR count). The summed E-state index contributed by atoms with van der Waals surface area (Å²) < 4.78 is 2.03. The second kappa shape index (κ2) is 7.35. The Balaban J connectivity index is 1.40. The number of hydrogen-bond acceptors (Lipinski definition) is 4. The van der Waals surface area contributed by atoms with Gasteiger partial charge in [-0.05, 0) is 35.4 Å². The molecule has 0 saturated carbocycles. The number of imidazole rings is 1.